The molecule has 25 heavy (non-hydrogen) atoms. The maximum atomic E-state index is 6.08. The van der Waals surface area contributed by atoms with Gasteiger partial charge in [0.05, 0.1) is 5.52 Å². The number of benzene rings is 1. The van der Waals surface area contributed by atoms with E-state index in [1.165, 1.54) is 51.7 Å². The molecule has 0 amide bonds. The first-order chi connectivity index (χ1) is 12.2. The van der Waals surface area contributed by atoms with Crippen molar-refractivity contribution in [2.45, 2.75) is 45.1 Å². The van der Waals surface area contributed by atoms with Crippen LogP contribution in [0.1, 0.15) is 39.0 Å². The minimum atomic E-state index is 0.461. The molecule has 2 heterocycles. The molecule has 1 N–H and O–H groups in total. The average molecular weight is 358 g/mol. The third kappa shape index (κ3) is 3.93. The number of hydrogen-bond donors (Lipinski definition) is 1. The minimum absolute atomic E-state index is 0.461. The highest BCUT2D eigenvalue weighted by molar-refractivity contribution is 6.31. The van der Waals surface area contributed by atoms with E-state index in [9.17, 15) is 0 Å². The number of anilines is 1. The van der Waals surface area contributed by atoms with Gasteiger partial charge in [0, 0.05) is 41.4 Å². The fraction of sp³-hybridized carbons (Fsp3) is 0.571. The zero-order valence-electron chi connectivity index (χ0n) is 15.0. The second kappa shape index (κ2) is 7.51. The summed E-state index contributed by atoms with van der Waals surface area (Å²) in [4.78, 5) is 7.12. The quantitative estimate of drug-likeness (QED) is 0.770. The second-order valence-corrected chi connectivity index (χ2v) is 8.35. The van der Waals surface area contributed by atoms with Gasteiger partial charge in [0.15, 0.2) is 0 Å². The van der Waals surface area contributed by atoms with Crippen molar-refractivity contribution in [1.29, 1.82) is 0 Å². The molecule has 0 spiro atoms. The summed E-state index contributed by atoms with van der Waals surface area (Å²) in [6, 6.07) is 8.45. The molecule has 2 aliphatic rings. The second-order valence-electron chi connectivity index (χ2n) is 7.92. The number of rotatable bonds is 6. The first-order valence-electron chi connectivity index (χ1n) is 9.72. The van der Waals surface area contributed by atoms with Gasteiger partial charge >= 0.3 is 0 Å². The number of halogens is 1. The summed E-state index contributed by atoms with van der Waals surface area (Å²) in [6.45, 7) is 6.23. The van der Waals surface area contributed by atoms with Crippen LogP contribution in [-0.4, -0.2) is 35.6 Å². The summed E-state index contributed by atoms with van der Waals surface area (Å²) in [7, 11) is 0. The Morgan fingerprint density at radius 3 is 2.84 bits per heavy atom. The smallest absolute Gasteiger partial charge is 0.0737 e. The molecule has 3 atom stereocenters. The van der Waals surface area contributed by atoms with Crippen LogP contribution in [0.3, 0.4) is 0 Å². The Labute approximate surface area is 155 Å². The molecule has 2 fully saturated rings. The van der Waals surface area contributed by atoms with E-state index in [1.54, 1.807) is 0 Å². The Hall–Kier alpha value is -1.32. The van der Waals surface area contributed by atoms with Crippen LogP contribution in [0.25, 0.3) is 10.9 Å². The van der Waals surface area contributed by atoms with Crippen molar-refractivity contribution in [3.8, 4) is 0 Å². The lowest BCUT2D eigenvalue weighted by molar-refractivity contribution is 0.302. The van der Waals surface area contributed by atoms with Gasteiger partial charge in [0.2, 0.25) is 0 Å². The molecular formula is C21H28ClN3. The standard InChI is InChI=1S/C21H28ClN3/c1-15(4-3-11-25-13-16-5-2-6-17(16)14-25)24-20-9-10-23-21-12-18(22)7-8-19(20)21/h7-10,12,15-17H,2-6,11,13-14H2,1H3,(H,23,24). The molecule has 134 valence electrons. The van der Waals surface area contributed by atoms with Crippen molar-refractivity contribution >= 4 is 28.2 Å². The van der Waals surface area contributed by atoms with Crippen molar-refractivity contribution in [3.63, 3.8) is 0 Å². The van der Waals surface area contributed by atoms with Gasteiger partial charge in [-0.15, -0.1) is 0 Å². The van der Waals surface area contributed by atoms with Crippen LogP contribution in [0.15, 0.2) is 30.5 Å². The summed E-state index contributed by atoms with van der Waals surface area (Å²) in [5, 5.41) is 5.55. The van der Waals surface area contributed by atoms with Crippen molar-refractivity contribution in [2.75, 3.05) is 25.0 Å². The van der Waals surface area contributed by atoms with Gasteiger partial charge < -0.3 is 10.2 Å². The molecule has 1 aromatic heterocycles. The predicted octanol–water partition coefficient (Wildman–Crippen LogP) is 5.20. The van der Waals surface area contributed by atoms with E-state index in [4.69, 9.17) is 11.6 Å². The number of pyridine rings is 1. The summed E-state index contributed by atoms with van der Waals surface area (Å²) < 4.78 is 0. The number of hydrogen-bond acceptors (Lipinski definition) is 3. The van der Waals surface area contributed by atoms with E-state index in [1.807, 2.05) is 18.3 Å². The maximum Gasteiger partial charge on any atom is 0.0737 e. The molecular weight excluding hydrogens is 330 g/mol. The van der Waals surface area contributed by atoms with Crippen LogP contribution in [0.4, 0.5) is 5.69 Å². The zero-order valence-corrected chi connectivity index (χ0v) is 15.8. The minimum Gasteiger partial charge on any atom is -0.382 e. The molecule has 0 bridgehead atoms. The van der Waals surface area contributed by atoms with Gasteiger partial charge in [-0.2, -0.15) is 0 Å². The van der Waals surface area contributed by atoms with Crippen molar-refractivity contribution in [1.82, 2.24) is 9.88 Å². The molecule has 4 heteroatoms. The van der Waals surface area contributed by atoms with Crippen molar-refractivity contribution < 1.29 is 0 Å². The maximum absolute atomic E-state index is 6.08. The van der Waals surface area contributed by atoms with E-state index < -0.39 is 0 Å². The summed E-state index contributed by atoms with van der Waals surface area (Å²) >= 11 is 6.08. The van der Waals surface area contributed by atoms with E-state index in [0.717, 1.165) is 33.4 Å². The van der Waals surface area contributed by atoms with E-state index >= 15 is 0 Å². The predicted molar refractivity (Wildman–Crippen MR) is 106 cm³/mol. The summed E-state index contributed by atoms with van der Waals surface area (Å²) in [6.07, 6.45) is 8.73. The molecule has 1 aliphatic heterocycles. The van der Waals surface area contributed by atoms with E-state index in [2.05, 4.69) is 34.3 Å². The first-order valence-corrected chi connectivity index (χ1v) is 10.1. The van der Waals surface area contributed by atoms with Gasteiger partial charge in [-0.3, -0.25) is 4.98 Å². The highest BCUT2D eigenvalue weighted by atomic mass is 35.5. The van der Waals surface area contributed by atoms with Gasteiger partial charge in [-0.1, -0.05) is 18.0 Å². The molecule has 3 nitrogen and oxygen atoms in total. The topological polar surface area (TPSA) is 28.2 Å². The number of aromatic nitrogens is 1. The lowest BCUT2D eigenvalue weighted by Crippen LogP contribution is -2.25. The molecule has 1 aliphatic carbocycles. The summed E-state index contributed by atoms with van der Waals surface area (Å²) in [5.41, 5.74) is 2.11. The number of nitrogens with zero attached hydrogens (tertiary/aromatic N) is 2. The Bertz CT molecular complexity index is 720. The number of nitrogens with one attached hydrogen (secondary N) is 1. The largest absolute Gasteiger partial charge is 0.382 e. The van der Waals surface area contributed by atoms with Gasteiger partial charge in [-0.25, -0.2) is 0 Å². The van der Waals surface area contributed by atoms with E-state index in [-0.39, 0.29) is 0 Å². The monoisotopic (exact) mass is 357 g/mol. The average Bonchev–Trinajstić information content (AvgIpc) is 3.16. The molecule has 2 aromatic rings. The molecule has 1 saturated carbocycles. The third-order valence-electron chi connectivity index (χ3n) is 6.02. The SMILES string of the molecule is CC(CCCN1CC2CCCC2C1)Nc1ccnc2cc(Cl)ccc12. The van der Waals surface area contributed by atoms with Crippen molar-refractivity contribution in [3.05, 3.63) is 35.5 Å². The van der Waals surface area contributed by atoms with Gasteiger partial charge in [0.1, 0.15) is 0 Å². The molecule has 0 radical (unpaired) electrons. The lowest BCUT2D eigenvalue weighted by atomic mass is 10.0. The highest BCUT2D eigenvalue weighted by Gasteiger charge is 2.35. The van der Waals surface area contributed by atoms with Gasteiger partial charge in [-0.05, 0) is 75.3 Å². The van der Waals surface area contributed by atoms with Crippen LogP contribution in [0.5, 0.6) is 0 Å². The number of fused-ring (bicyclic) bond motifs is 2. The fourth-order valence-corrected chi connectivity index (χ4v) is 4.89. The zero-order chi connectivity index (χ0) is 17.2. The van der Waals surface area contributed by atoms with Crippen LogP contribution >= 0.6 is 11.6 Å². The molecule has 3 unspecified atom stereocenters. The van der Waals surface area contributed by atoms with Crippen LogP contribution in [0.2, 0.25) is 5.02 Å². The Morgan fingerprint density at radius 1 is 1.24 bits per heavy atom. The summed E-state index contributed by atoms with van der Waals surface area (Å²) in [5.74, 6) is 2.01. The van der Waals surface area contributed by atoms with Crippen LogP contribution in [0, 0.1) is 11.8 Å². The molecule has 1 aromatic carbocycles. The Kier molecular flexibility index (Phi) is 5.14. The third-order valence-corrected chi connectivity index (χ3v) is 6.26. The van der Waals surface area contributed by atoms with Crippen LogP contribution < -0.4 is 5.32 Å². The molecule has 4 rings (SSSR count). The van der Waals surface area contributed by atoms with E-state index in [0.29, 0.717) is 6.04 Å². The fourth-order valence-electron chi connectivity index (χ4n) is 4.72. The van der Waals surface area contributed by atoms with Crippen molar-refractivity contribution in [2.24, 2.45) is 11.8 Å². The lowest BCUT2D eigenvalue weighted by Gasteiger charge is -2.20. The Morgan fingerprint density at radius 2 is 2.04 bits per heavy atom. The highest BCUT2D eigenvalue weighted by Crippen LogP contribution is 2.37. The van der Waals surface area contributed by atoms with Gasteiger partial charge in [0.25, 0.3) is 0 Å². The first kappa shape index (κ1) is 17.1. The Balaban J connectivity index is 1.28. The normalized spacial score (nSPS) is 24.6. The van der Waals surface area contributed by atoms with Crippen LogP contribution in [-0.2, 0) is 0 Å². The molecule has 1 saturated heterocycles. The number of likely N-dealkylation sites (tertiary alicyclic amines) is 1.